The first-order valence-electron chi connectivity index (χ1n) is 10.9. The Morgan fingerprint density at radius 2 is 2.06 bits per heavy atom. The van der Waals surface area contributed by atoms with Gasteiger partial charge in [0.1, 0.15) is 0 Å². The van der Waals surface area contributed by atoms with E-state index in [0.29, 0.717) is 23.4 Å². The third-order valence-electron chi connectivity index (χ3n) is 6.61. The molecule has 2 aromatic rings. The molecule has 9 heteroatoms. The van der Waals surface area contributed by atoms with Crippen LogP contribution in [-0.4, -0.2) is 52.6 Å². The average Bonchev–Trinajstić information content (AvgIpc) is 3.31. The van der Waals surface area contributed by atoms with Crippen molar-refractivity contribution in [2.45, 2.75) is 37.6 Å². The Morgan fingerprint density at radius 1 is 1.28 bits per heavy atom. The third kappa shape index (κ3) is 3.62. The van der Waals surface area contributed by atoms with Crippen LogP contribution in [0.25, 0.3) is 0 Å². The van der Waals surface area contributed by atoms with Crippen molar-refractivity contribution in [3.05, 3.63) is 64.5 Å². The first kappa shape index (κ1) is 21.9. The van der Waals surface area contributed by atoms with Crippen LogP contribution in [0.5, 0.6) is 0 Å². The third-order valence-corrected chi connectivity index (χ3v) is 6.61. The number of fused-ring (bicyclic) bond motifs is 2. The van der Waals surface area contributed by atoms with Crippen LogP contribution >= 0.6 is 0 Å². The van der Waals surface area contributed by atoms with Gasteiger partial charge >= 0.3 is 0 Å². The van der Waals surface area contributed by atoms with E-state index < -0.39 is 5.41 Å². The second-order valence-electron chi connectivity index (χ2n) is 8.63. The minimum Gasteiger partial charge on any atom is -0.355 e. The maximum Gasteiger partial charge on any atom is 0.251 e. The van der Waals surface area contributed by atoms with Gasteiger partial charge in [-0.05, 0) is 55.4 Å². The van der Waals surface area contributed by atoms with Gasteiger partial charge in [0.25, 0.3) is 11.8 Å². The highest BCUT2D eigenvalue weighted by Gasteiger charge is 2.50. The Hall–Kier alpha value is -3.33. The number of nitrogens with zero attached hydrogens (tertiary/aromatic N) is 3. The molecule has 32 heavy (non-hydrogen) atoms. The number of aryl methyl sites for hydroxylation is 1. The highest BCUT2D eigenvalue weighted by Crippen LogP contribution is 2.51. The lowest BCUT2D eigenvalue weighted by Gasteiger charge is -2.42. The first-order chi connectivity index (χ1) is 15.4. The second kappa shape index (κ2) is 8.66. The zero-order chi connectivity index (χ0) is 22.9. The molecule has 0 spiro atoms. The van der Waals surface area contributed by atoms with Crippen LogP contribution in [0.2, 0.25) is 0 Å². The molecule has 1 heterocycles. The molecule has 4 atom stereocenters. The molecule has 0 aliphatic heterocycles. The number of allylic oxidation sites excluding steroid dienone is 2. The Labute approximate surface area is 186 Å². The average molecular weight is 436 g/mol. The molecule has 2 aliphatic rings. The van der Waals surface area contributed by atoms with E-state index in [9.17, 15) is 9.59 Å². The molecular formula is C23H29N7O2. The minimum absolute atomic E-state index is 0.0217. The van der Waals surface area contributed by atoms with Gasteiger partial charge in [-0.15, -0.1) is 10.2 Å². The van der Waals surface area contributed by atoms with Crippen molar-refractivity contribution in [2.75, 3.05) is 14.1 Å². The summed E-state index contributed by atoms with van der Waals surface area (Å²) in [6.45, 7) is 1.97. The zero-order valence-electron chi connectivity index (χ0n) is 18.6. The van der Waals surface area contributed by atoms with Crippen LogP contribution in [0.15, 0.2) is 42.0 Å². The maximum atomic E-state index is 12.3. The molecule has 4 rings (SSSR count). The molecule has 2 aliphatic carbocycles. The van der Waals surface area contributed by atoms with Crippen LogP contribution in [-0.2, 0) is 16.6 Å². The minimum atomic E-state index is -0.653. The number of aromatic amines is 1. The number of H-pyrrole nitrogens is 1. The topological polar surface area (TPSA) is 139 Å². The van der Waals surface area contributed by atoms with Gasteiger partial charge in [-0.25, -0.2) is 0 Å². The van der Waals surface area contributed by atoms with Crippen molar-refractivity contribution in [1.29, 1.82) is 0 Å². The van der Waals surface area contributed by atoms with Gasteiger partial charge in [-0.2, -0.15) is 5.21 Å². The van der Waals surface area contributed by atoms with Crippen molar-refractivity contribution in [1.82, 2.24) is 31.3 Å². The van der Waals surface area contributed by atoms with E-state index in [4.69, 9.17) is 5.73 Å². The summed E-state index contributed by atoms with van der Waals surface area (Å²) in [5.74, 6) is 0.378. The maximum absolute atomic E-state index is 12.3. The molecule has 0 saturated carbocycles. The lowest BCUT2D eigenvalue weighted by Crippen LogP contribution is -2.44. The van der Waals surface area contributed by atoms with Gasteiger partial charge in [0.15, 0.2) is 5.82 Å². The second-order valence-corrected chi connectivity index (χ2v) is 8.63. The van der Waals surface area contributed by atoms with E-state index >= 15 is 0 Å². The van der Waals surface area contributed by atoms with E-state index in [1.54, 1.807) is 14.1 Å². The zero-order valence-corrected chi connectivity index (χ0v) is 18.6. The molecule has 2 amide bonds. The molecule has 0 saturated heterocycles. The van der Waals surface area contributed by atoms with E-state index in [1.807, 2.05) is 37.3 Å². The van der Waals surface area contributed by atoms with Gasteiger partial charge in [-0.1, -0.05) is 29.5 Å². The van der Waals surface area contributed by atoms with E-state index in [2.05, 4.69) is 37.3 Å². The van der Waals surface area contributed by atoms with E-state index in [1.165, 1.54) is 0 Å². The van der Waals surface area contributed by atoms with Crippen LogP contribution in [0.3, 0.4) is 0 Å². The number of nitrogens with one attached hydrogen (secondary N) is 3. The number of benzene rings is 1. The van der Waals surface area contributed by atoms with Crippen molar-refractivity contribution < 1.29 is 9.59 Å². The monoisotopic (exact) mass is 435 g/mol. The highest BCUT2D eigenvalue weighted by molar-refractivity contribution is 5.96. The van der Waals surface area contributed by atoms with Crippen LogP contribution in [0, 0.1) is 11.8 Å². The summed E-state index contributed by atoms with van der Waals surface area (Å²) >= 11 is 0. The molecule has 3 unspecified atom stereocenters. The molecular weight excluding hydrogens is 406 g/mol. The summed E-state index contributed by atoms with van der Waals surface area (Å²) in [6.07, 6.45) is 8.18. The normalized spacial score (nSPS) is 25.1. The van der Waals surface area contributed by atoms with Gasteiger partial charge in [0, 0.05) is 37.2 Å². The number of hydrogen-bond donors (Lipinski definition) is 4. The van der Waals surface area contributed by atoms with Crippen LogP contribution in [0.4, 0.5) is 0 Å². The Kier molecular flexibility index (Phi) is 5.92. The number of likely N-dealkylation sites (N-methyl/N-ethyl adjacent to an activating group) is 1. The predicted molar refractivity (Wildman–Crippen MR) is 120 cm³/mol. The van der Waals surface area contributed by atoms with Gasteiger partial charge < -0.3 is 16.4 Å². The lowest BCUT2D eigenvalue weighted by atomic mass is 9.61. The molecule has 0 fully saturated rings. The van der Waals surface area contributed by atoms with Crippen LogP contribution in [0.1, 0.15) is 47.1 Å². The molecule has 5 N–H and O–H groups in total. The van der Waals surface area contributed by atoms with Crippen molar-refractivity contribution >= 4 is 11.8 Å². The highest BCUT2D eigenvalue weighted by atomic mass is 16.2. The van der Waals surface area contributed by atoms with Crippen molar-refractivity contribution in [3.8, 4) is 0 Å². The van der Waals surface area contributed by atoms with Crippen LogP contribution < -0.4 is 16.4 Å². The summed E-state index contributed by atoms with van der Waals surface area (Å²) in [6, 6.07) is 5.66. The smallest absolute Gasteiger partial charge is 0.251 e. The van der Waals surface area contributed by atoms with Gasteiger partial charge in [-0.3, -0.25) is 9.59 Å². The summed E-state index contributed by atoms with van der Waals surface area (Å²) in [7, 11) is 3.25. The quantitative estimate of drug-likeness (QED) is 0.553. The largest absolute Gasteiger partial charge is 0.355 e. The standard InChI is InChI=1S/C23H29N7O2/c1-13(24)12-23(22-27-29-30-28-22)18-8-6-16(20(31)25-2)10-14(18)4-5-15-11-17(21(32)26-3)7-9-19(15)23/h6-11,13-14,18H,4-5,12,24H2,1-3H3,(H,25,31)(H,26,32)(H,27,28,29,30)/t13-,14?,18?,23?/m0/s1. The van der Waals surface area contributed by atoms with Gasteiger partial charge in [0.2, 0.25) is 0 Å². The summed E-state index contributed by atoms with van der Waals surface area (Å²) in [4.78, 5) is 24.7. The molecule has 9 nitrogen and oxygen atoms in total. The number of carbonyl (C=O) groups is 2. The fourth-order valence-corrected chi connectivity index (χ4v) is 5.32. The summed E-state index contributed by atoms with van der Waals surface area (Å²) < 4.78 is 0. The van der Waals surface area contributed by atoms with Gasteiger partial charge in [0.05, 0.1) is 5.41 Å². The number of rotatable bonds is 5. The summed E-state index contributed by atoms with van der Waals surface area (Å²) in [5.41, 5.74) is 9.11. The van der Waals surface area contributed by atoms with Crippen molar-refractivity contribution in [2.24, 2.45) is 17.6 Å². The van der Waals surface area contributed by atoms with E-state index in [0.717, 1.165) is 24.0 Å². The first-order valence-corrected chi connectivity index (χ1v) is 10.9. The molecule has 0 radical (unpaired) electrons. The molecule has 168 valence electrons. The number of aromatic nitrogens is 4. The number of tetrazole rings is 1. The SMILES string of the molecule is CNC(=O)C1=CC2CCc3cc(C(=O)NC)ccc3C(C[C@H](C)N)(c3nn[nH]n3)C2C=C1. The Morgan fingerprint density at radius 3 is 2.72 bits per heavy atom. The van der Waals surface area contributed by atoms with E-state index in [-0.39, 0.29) is 29.7 Å². The summed E-state index contributed by atoms with van der Waals surface area (Å²) in [5, 5.41) is 20.7. The lowest BCUT2D eigenvalue weighted by molar-refractivity contribution is -0.116. The number of nitrogens with two attached hydrogens (primary N) is 1. The fraction of sp³-hybridized carbons (Fsp3) is 0.435. The fourth-order valence-electron chi connectivity index (χ4n) is 5.32. The molecule has 1 aromatic heterocycles. The molecule has 0 bridgehead atoms. The Bertz CT molecular complexity index is 1070. The van der Waals surface area contributed by atoms with Crippen molar-refractivity contribution in [3.63, 3.8) is 0 Å². The number of carbonyl (C=O) groups excluding carboxylic acids is 2. The predicted octanol–water partition coefficient (Wildman–Crippen LogP) is 1.00. The molecule has 1 aromatic carbocycles. The Balaban J connectivity index is 1.94. The number of hydrogen-bond acceptors (Lipinski definition) is 6. The number of amides is 2.